The Hall–Kier alpha value is -2.34. The van der Waals surface area contributed by atoms with E-state index in [-0.39, 0.29) is 5.91 Å². The molecule has 23 heavy (non-hydrogen) atoms. The van der Waals surface area contributed by atoms with Crippen molar-refractivity contribution in [3.63, 3.8) is 0 Å². The van der Waals surface area contributed by atoms with Crippen molar-refractivity contribution in [1.82, 2.24) is 5.32 Å². The van der Waals surface area contributed by atoms with Crippen molar-refractivity contribution in [1.29, 1.82) is 0 Å². The van der Waals surface area contributed by atoms with Crippen molar-refractivity contribution in [2.75, 3.05) is 11.0 Å². The normalized spacial score (nSPS) is 11.1. The van der Waals surface area contributed by atoms with Crippen molar-refractivity contribution in [2.45, 2.75) is 20.4 Å². The SMILES string of the molecule is Cc1ccccc1CNC(=O)c1cccc(NS(C)(=O)=O)c1C. The first-order valence-electron chi connectivity index (χ1n) is 7.18. The van der Waals surface area contributed by atoms with Gasteiger partial charge in [-0.05, 0) is 42.7 Å². The van der Waals surface area contributed by atoms with Crippen LogP contribution in [-0.2, 0) is 16.6 Å². The largest absolute Gasteiger partial charge is 0.348 e. The van der Waals surface area contributed by atoms with Gasteiger partial charge in [0.25, 0.3) is 5.91 Å². The smallest absolute Gasteiger partial charge is 0.251 e. The Morgan fingerprint density at radius 1 is 1.04 bits per heavy atom. The van der Waals surface area contributed by atoms with E-state index >= 15 is 0 Å². The van der Waals surface area contributed by atoms with Crippen molar-refractivity contribution in [3.05, 3.63) is 64.7 Å². The summed E-state index contributed by atoms with van der Waals surface area (Å²) in [6.45, 7) is 4.13. The van der Waals surface area contributed by atoms with E-state index < -0.39 is 10.0 Å². The lowest BCUT2D eigenvalue weighted by Gasteiger charge is -2.13. The van der Waals surface area contributed by atoms with Crippen LogP contribution in [0.4, 0.5) is 5.69 Å². The summed E-state index contributed by atoms with van der Waals surface area (Å²) < 4.78 is 25.2. The van der Waals surface area contributed by atoms with E-state index in [0.29, 0.717) is 23.4 Å². The number of carbonyl (C=O) groups excluding carboxylic acids is 1. The van der Waals surface area contributed by atoms with Gasteiger partial charge in [0.1, 0.15) is 0 Å². The molecule has 2 N–H and O–H groups in total. The van der Waals surface area contributed by atoms with Crippen LogP contribution in [0.3, 0.4) is 0 Å². The molecule has 0 heterocycles. The molecule has 0 fully saturated rings. The minimum Gasteiger partial charge on any atom is -0.348 e. The monoisotopic (exact) mass is 332 g/mol. The molecule has 122 valence electrons. The minimum atomic E-state index is -3.38. The minimum absolute atomic E-state index is 0.233. The van der Waals surface area contributed by atoms with Crippen molar-refractivity contribution in [2.24, 2.45) is 0 Å². The number of anilines is 1. The van der Waals surface area contributed by atoms with Gasteiger partial charge >= 0.3 is 0 Å². The molecule has 0 aliphatic heterocycles. The Morgan fingerprint density at radius 3 is 2.39 bits per heavy atom. The summed E-state index contributed by atoms with van der Waals surface area (Å²) >= 11 is 0. The maximum Gasteiger partial charge on any atom is 0.251 e. The average Bonchev–Trinajstić information content (AvgIpc) is 2.47. The number of amides is 1. The van der Waals surface area contributed by atoms with Crippen molar-refractivity contribution < 1.29 is 13.2 Å². The van der Waals surface area contributed by atoms with E-state index in [1.807, 2.05) is 31.2 Å². The van der Waals surface area contributed by atoms with Gasteiger partial charge in [0.15, 0.2) is 0 Å². The molecule has 5 nitrogen and oxygen atoms in total. The molecule has 0 aliphatic carbocycles. The molecule has 0 atom stereocenters. The van der Waals surface area contributed by atoms with Crippen LogP contribution in [0.1, 0.15) is 27.0 Å². The van der Waals surface area contributed by atoms with Gasteiger partial charge in [0.05, 0.1) is 11.9 Å². The summed E-state index contributed by atoms with van der Waals surface area (Å²) in [7, 11) is -3.38. The molecule has 0 saturated heterocycles. The standard InChI is InChI=1S/C17H20N2O3S/c1-12-7-4-5-8-14(12)11-18-17(20)15-9-6-10-16(13(15)2)19-23(3,21)22/h4-10,19H,11H2,1-3H3,(H,18,20). The molecule has 2 rings (SSSR count). The second-order valence-electron chi connectivity index (χ2n) is 5.46. The Kier molecular flexibility index (Phi) is 5.05. The molecule has 1 amide bonds. The third-order valence-electron chi connectivity index (χ3n) is 3.57. The Balaban J connectivity index is 2.17. The molecule has 0 aromatic heterocycles. The number of carbonyl (C=O) groups is 1. The Morgan fingerprint density at radius 2 is 1.74 bits per heavy atom. The third-order valence-corrected chi connectivity index (χ3v) is 4.17. The van der Waals surface area contributed by atoms with Gasteiger partial charge in [-0.3, -0.25) is 9.52 Å². The molecule has 2 aromatic rings. The second-order valence-corrected chi connectivity index (χ2v) is 7.21. The van der Waals surface area contributed by atoms with E-state index in [0.717, 1.165) is 17.4 Å². The van der Waals surface area contributed by atoms with E-state index in [2.05, 4.69) is 10.0 Å². The first-order valence-corrected chi connectivity index (χ1v) is 9.07. The fourth-order valence-corrected chi connectivity index (χ4v) is 2.89. The maximum atomic E-state index is 12.4. The van der Waals surface area contributed by atoms with E-state index in [1.165, 1.54) is 0 Å². The van der Waals surface area contributed by atoms with E-state index in [9.17, 15) is 13.2 Å². The molecule has 0 spiro atoms. The van der Waals surface area contributed by atoms with Gasteiger partial charge in [0.2, 0.25) is 10.0 Å². The summed E-state index contributed by atoms with van der Waals surface area (Å²) in [5.74, 6) is -0.233. The van der Waals surface area contributed by atoms with Crippen LogP contribution < -0.4 is 10.0 Å². The molecule has 0 aliphatic rings. The summed E-state index contributed by atoms with van der Waals surface area (Å²) in [6, 6.07) is 12.8. The topological polar surface area (TPSA) is 75.3 Å². The lowest BCUT2D eigenvalue weighted by molar-refractivity contribution is 0.0950. The van der Waals surface area contributed by atoms with Crippen molar-refractivity contribution in [3.8, 4) is 0 Å². The third kappa shape index (κ3) is 4.56. The summed E-state index contributed by atoms with van der Waals surface area (Å²) in [4.78, 5) is 12.4. The second kappa shape index (κ2) is 6.83. The number of hydrogen-bond donors (Lipinski definition) is 2. The lowest BCUT2D eigenvalue weighted by atomic mass is 10.1. The molecule has 2 aromatic carbocycles. The quantitative estimate of drug-likeness (QED) is 0.884. The molecule has 0 bridgehead atoms. The zero-order valence-electron chi connectivity index (χ0n) is 13.4. The van der Waals surface area contributed by atoms with Crippen LogP contribution in [-0.4, -0.2) is 20.6 Å². The zero-order valence-corrected chi connectivity index (χ0v) is 14.2. The molecule has 0 radical (unpaired) electrons. The number of aryl methyl sites for hydroxylation is 1. The van der Waals surface area contributed by atoms with Gasteiger partial charge < -0.3 is 5.32 Å². The van der Waals surface area contributed by atoms with Gasteiger partial charge in [0, 0.05) is 12.1 Å². The highest BCUT2D eigenvalue weighted by atomic mass is 32.2. The molecule has 0 saturated carbocycles. The molecule has 0 unspecified atom stereocenters. The highest BCUT2D eigenvalue weighted by molar-refractivity contribution is 7.92. The van der Waals surface area contributed by atoms with Gasteiger partial charge in [-0.2, -0.15) is 0 Å². The Labute approximate surface area is 136 Å². The number of sulfonamides is 1. The first kappa shape index (κ1) is 17.0. The van der Waals surface area contributed by atoms with E-state index in [1.54, 1.807) is 25.1 Å². The van der Waals surface area contributed by atoms with E-state index in [4.69, 9.17) is 0 Å². The van der Waals surface area contributed by atoms with Crippen LogP contribution >= 0.6 is 0 Å². The molecular weight excluding hydrogens is 312 g/mol. The van der Waals surface area contributed by atoms with Gasteiger partial charge in [-0.15, -0.1) is 0 Å². The highest BCUT2D eigenvalue weighted by Gasteiger charge is 2.13. The predicted molar refractivity (Wildman–Crippen MR) is 92.0 cm³/mol. The molecular formula is C17H20N2O3S. The number of nitrogens with one attached hydrogen (secondary N) is 2. The molecule has 6 heteroatoms. The maximum absolute atomic E-state index is 12.4. The summed E-state index contributed by atoms with van der Waals surface area (Å²) in [5, 5.41) is 2.87. The number of benzene rings is 2. The number of rotatable bonds is 5. The summed E-state index contributed by atoms with van der Waals surface area (Å²) in [5.41, 5.74) is 3.62. The Bertz CT molecular complexity index is 829. The van der Waals surface area contributed by atoms with Gasteiger partial charge in [-0.25, -0.2) is 8.42 Å². The highest BCUT2D eigenvalue weighted by Crippen LogP contribution is 2.20. The average molecular weight is 332 g/mol. The van der Waals surface area contributed by atoms with Crippen LogP contribution in [0, 0.1) is 13.8 Å². The number of hydrogen-bond acceptors (Lipinski definition) is 3. The summed E-state index contributed by atoms with van der Waals surface area (Å²) in [6.07, 6.45) is 1.08. The van der Waals surface area contributed by atoms with Crippen molar-refractivity contribution >= 4 is 21.6 Å². The fourth-order valence-electron chi connectivity index (χ4n) is 2.27. The zero-order chi connectivity index (χ0) is 17.0. The lowest BCUT2D eigenvalue weighted by Crippen LogP contribution is -2.24. The van der Waals surface area contributed by atoms with Crippen LogP contribution in [0.2, 0.25) is 0 Å². The first-order chi connectivity index (χ1) is 10.8. The predicted octanol–water partition coefficient (Wildman–Crippen LogP) is 2.60. The fraction of sp³-hybridized carbons (Fsp3) is 0.235. The van der Waals surface area contributed by atoms with Crippen LogP contribution in [0.15, 0.2) is 42.5 Å². The van der Waals surface area contributed by atoms with Crippen LogP contribution in [0.5, 0.6) is 0 Å². The van der Waals surface area contributed by atoms with Gasteiger partial charge in [-0.1, -0.05) is 30.3 Å². The van der Waals surface area contributed by atoms with Crippen LogP contribution in [0.25, 0.3) is 0 Å².